The van der Waals surface area contributed by atoms with Crippen LogP contribution in [0, 0.1) is 5.82 Å². The fourth-order valence-electron chi connectivity index (χ4n) is 3.54. The van der Waals surface area contributed by atoms with Crippen molar-refractivity contribution in [2.45, 2.75) is 57.5 Å². The van der Waals surface area contributed by atoms with Crippen LogP contribution in [0.3, 0.4) is 0 Å². The Morgan fingerprint density at radius 3 is 2.19 bits per heavy atom. The van der Waals surface area contributed by atoms with Gasteiger partial charge in [0.2, 0.25) is 0 Å². The topological polar surface area (TPSA) is 96.3 Å². The maximum Gasteiger partial charge on any atom is 1.00 e. The zero-order chi connectivity index (χ0) is 22.9. The fraction of sp³-hybridized carbons (Fsp3) is 0.524. The van der Waals surface area contributed by atoms with E-state index in [1.807, 2.05) is 32.4 Å². The first-order valence-corrected chi connectivity index (χ1v) is 11.9. The molecule has 2 aromatic rings. The van der Waals surface area contributed by atoms with Crippen LogP contribution in [0.25, 0.3) is 0 Å². The molecule has 1 saturated heterocycles. The number of amides is 2. The van der Waals surface area contributed by atoms with Crippen molar-refractivity contribution in [3.63, 3.8) is 0 Å². The Morgan fingerprint density at radius 1 is 1.16 bits per heavy atom. The molecular formula is C21H31FN5NaO3S. The van der Waals surface area contributed by atoms with Crippen molar-refractivity contribution in [1.82, 2.24) is 19.4 Å². The van der Waals surface area contributed by atoms with E-state index in [-0.39, 0.29) is 47.8 Å². The van der Waals surface area contributed by atoms with E-state index in [1.54, 1.807) is 7.05 Å². The van der Waals surface area contributed by atoms with Crippen LogP contribution in [-0.4, -0.2) is 42.2 Å². The molecule has 0 radical (unpaired) electrons. The number of urea groups is 1. The summed E-state index contributed by atoms with van der Waals surface area (Å²) in [7, 11) is -2.49. The Labute approximate surface area is 212 Å². The number of aryl methyl sites for hydroxylation is 1. The van der Waals surface area contributed by atoms with Crippen LogP contribution in [0.2, 0.25) is 0 Å². The first-order chi connectivity index (χ1) is 14.5. The van der Waals surface area contributed by atoms with E-state index < -0.39 is 21.9 Å². The first-order valence-electron chi connectivity index (χ1n) is 10.4. The second-order valence-corrected chi connectivity index (χ2v) is 10.2. The monoisotopic (exact) mass is 475 g/mol. The molecule has 2 amide bonds. The van der Waals surface area contributed by atoms with Gasteiger partial charge in [-0.15, -0.1) is 0 Å². The zero-order valence-corrected chi connectivity index (χ0v) is 22.4. The summed E-state index contributed by atoms with van der Waals surface area (Å²) in [6.07, 6.45) is 1.13. The molecule has 0 atom stereocenters. The van der Waals surface area contributed by atoms with Crippen LogP contribution in [-0.2, 0) is 23.6 Å². The quantitative estimate of drug-likeness (QED) is 0.573. The summed E-state index contributed by atoms with van der Waals surface area (Å²) < 4.78 is 43.1. The Balaban J connectivity index is 0.00000272. The molecule has 1 aliphatic rings. The summed E-state index contributed by atoms with van der Waals surface area (Å²) in [6, 6.07) is 3.29. The van der Waals surface area contributed by atoms with Gasteiger partial charge >= 0.3 is 35.6 Å². The average Bonchev–Trinajstić information content (AvgIpc) is 3.00. The molecule has 2 heterocycles. The molecule has 172 valence electrons. The van der Waals surface area contributed by atoms with Crippen molar-refractivity contribution in [2.75, 3.05) is 18.4 Å². The van der Waals surface area contributed by atoms with E-state index in [9.17, 15) is 17.6 Å². The Morgan fingerprint density at radius 2 is 1.72 bits per heavy atom. The predicted molar refractivity (Wildman–Crippen MR) is 118 cm³/mol. The third-order valence-corrected chi connectivity index (χ3v) is 6.64. The third kappa shape index (κ3) is 6.11. The smallest absolute Gasteiger partial charge is 1.00 e. The number of sulfonamides is 1. The summed E-state index contributed by atoms with van der Waals surface area (Å²) in [5, 5.41) is 6.48. The van der Waals surface area contributed by atoms with Crippen molar-refractivity contribution in [3.8, 4) is 0 Å². The van der Waals surface area contributed by atoms with Gasteiger partial charge in [-0.25, -0.2) is 13.9 Å². The van der Waals surface area contributed by atoms with Gasteiger partial charge in [-0.3, -0.25) is 9.58 Å². The molecule has 1 aliphatic heterocycles. The number of nitrogens with zero attached hydrogens (tertiary/aromatic N) is 3. The minimum absolute atomic E-state index is 0. The van der Waals surface area contributed by atoms with E-state index >= 15 is 0 Å². The second kappa shape index (κ2) is 10.6. The molecule has 0 unspecified atom stereocenters. The van der Waals surface area contributed by atoms with Gasteiger partial charge in [0.05, 0.1) is 5.69 Å². The van der Waals surface area contributed by atoms with Crippen LogP contribution < -0.4 is 39.6 Å². The molecular weight excluding hydrogens is 444 g/mol. The van der Waals surface area contributed by atoms with Crippen molar-refractivity contribution in [3.05, 3.63) is 40.8 Å². The van der Waals surface area contributed by atoms with Gasteiger partial charge in [0, 0.05) is 25.3 Å². The summed E-state index contributed by atoms with van der Waals surface area (Å²) >= 11 is 0. The average molecular weight is 476 g/mol. The van der Waals surface area contributed by atoms with E-state index in [4.69, 9.17) is 0 Å². The number of hydrogen-bond donors (Lipinski definition) is 2. The maximum absolute atomic E-state index is 14.1. The summed E-state index contributed by atoms with van der Waals surface area (Å²) in [6.45, 7) is 10.1. The molecule has 11 heteroatoms. The summed E-state index contributed by atoms with van der Waals surface area (Å²) in [5.41, 5.74) is 2.39. The second-order valence-electron chi connectivity index (χ2n) is 8.56. The number of benzene rings is 1. The van der Waals surface area contributed by atoms with Crippen LogP contribution in [0.1, 0.15) is 64.2 Å². The van der Waals surface area contributed by atoms with E-state index in [0.29, 0.717) is 23.4 Å². The van der Waals surface area contributed by atoms with Crippen molar-refractivity contribution in [1.29, 1.82) is 0 Å². The summed E-state index contributed by atoms with van der Waals surface area (Å²) in [4.78, 5) is 14.8. The van der Waals surface area contributed by atoms with Crippen LogP contribution in [0.4, 0.5) is 14.9 Å². The van der Waals surface area contributed by atoms with Crippen LogP contribution in [0.5, 0.6) is 0 Å². The van der Waals surface area contributed by atoms with E-state index in [2.05, 4.69) is 15.3 Å². The first kappa shape index (κ1) is 26.8. The molecule has 1 fully saturated rings. The fourth-order valence-corrected chi connectivity index (χ4v) is 4.46. The van der Waals surface area contributed by atoms with Gasteiger partial charge in [0.25, 0.3) is 10.0 Å². The molecule has 0 aliphatic carbocycles. The van der Waals surface area contributed by atoms with E-state index in [0.717, 1.165) is 25.2 Å². The van der Waals surface area contributed by atoms with Crippen molar-refractivity contribution >= 4 is 21.7 Å². The van der Waals surface area contributed by atoms with Gasteiger partial charge in [0.1, 0.15) is 5.82 Å². The summed E-state index contributed by atoms with van der Waals surface area (Å²) in [5.74, 6) is -0.533. The van der Waals surface area contributed by atoms with Crippen LogP contribution in [0.15, 0.2) is 23.2 Å². The number of likely N-dealkylation sites (tertiary alicyclic amines) is 1. The molecule has 32 heavy (non-hydrogen) atoms. The number of carbonyl (C=O) groups excluding carboxylic acids is 1. The van der Waals surface area contributed by atoms with Gasteiger partial charge < -0.3 is 6.74 Å². The number of nitrogens with one attached hydrogen (secondary N) is 2. The van der Waals surface area contributed by atoms with Gasteiger partial charge in [-0.2, -0.15) is 13.5 Å². The normalized spacial score (nSPS) is 14.2. The van der Waals surface area contributed by atoms with Gasteiger partial charge in [0.15, 0.2) is 5.03 Å². The molecule has 1 aromatic heterocycles. The molecule has 0 spiro atoms. The largest absolute Gasteiger partial charge is 1.00 e. The number of carbonyl (C=O) groups is 1. The number of aromatic nitrogens is 2. The molecule has 0 saturated carbocycles. The Kier molecular flexibility index (Phi) is 8.91. The van der Waals surface area contributed by atoms with Crippen LogP contribution >= 0.6 is 0 Å². The maximum atomic E-state index is 14.1. The molecule has 8 nitrogen and oxygen atoms in total. The zero-order valence-electron chi connectivity index (χ0n) is 20.6. The Hall–Kier alpha value is -1.46. The van der Waals surface area contributed by atoms with Crippen molar-refractivity contribution in [2.24, 2.45) is 7.05 Å². The number of halogens is 1. The standard InChI is InChI=1S/C21H30FN5O3S.Na.H/c1-13(2)17-9-15(22)10-18(14(3)4)20(17)23-21(28)25-31(29,30)19-11-16(26(5)24-19)12-27-7-6-8-27;;/h9-11,13-14H,6-8,12H2,1-5H3,(H2,23,25,28);;/q;+1;-1. The Bertz CT molecular complexity index is 1060. The minimum Gasteiger partial charge on any atom is -1.00 e. The molecule has 2 N–H and O–H groups in total. The number of hydrogen-bond acceptors (Lipinski definition) is 5. The number of rotatable bonds is 7. The SMILES string of the molecule is CC(C)c1cc(F)cc(C(C)C)c1NC(=O)NS(=O)(=O)c1cc(CN2CCC2)n(C)n1.[H-].[Na+]. The molecule has 1 aromatic carbocycles. The minimum atomic E-state index is -4.17. The predicted octanol–water partition coefficient (Wildman–Crippen LogP) is 0.639. The third-order valence-electron chi connectivity index (χ3n) is 5.44. The number of anilines is 1. The molecule has 3 rings (SSSR count). The molecule has 0 bridgehead atoms. The van der Waals surface area contributed by atoms with Gasteiger partial charge in [-0.05, 0) is 54.6 Å². The van der Waals surface area contributed by atoms with Crippen molar-refractivity contribution < 1.29 is 48.6 Å². The van der Waals surface area contributed by atoms with E-state index in [1.165, 1.54) is 22.9 Å². The van der Waals surface area contributed by atoms with Gasteiger partial charge in [-0.1, -0.05) is 27.7 Å².